The average molecular weight is 332 g/mol. The topological polar surface area (TPSA) is 89.3 Å². The second kappa shape index (κ2) is 8.51. The molecule has 0 radical (unpaired) electrons. The van der Waals surface area contributed by atoms with Gasteiger partial charge in [-0.2, -0.15) is 0 Å². The number of amides is 1. The highest BCUT2D eigenvalue weighted by molar-refractivity contribution is 7.91. The van der Waals surface area contributed by atoms with E-state index in [0.717, 1.165) is 41.9 Å². The van der Waals surface area contributed by atoms with Crippen LogP contribution >= 0.6 is 11.3 Å². The zero-order valence-electron chi connectivity index (χ0n) is 12.6. The van der Waals surface area contributed by atoms with Crippen molar-refractivity contribution in [2.45, 2.75) is 50.2 Å². The molecule has 0 unspecified atom stereocenters. The maximum absolute atomic E-state index is 12.1. The van der Waals surface area contributed by atoms with E-state index in [1.165, 1.54) is 6.07 Å². The Labute approximate surface area is 131 Å². The summed E-state index contributed by atoms with van der Waals surface area (Å²) in [6, 6.07) is 3.25. The van der Waals surface area contributed by atoms with Crippen LogP contribution in [0.3, 0.4) is 0 Å². The molecule has 0 fully saturated rings. The van der Waals surface area contributed by atoms with E-state index in [2.05, 4.69) is 19.2 Å². The molecule has 3 N–H and O–H groups in total. The van der Waals surface area contributed by atoms with Crippen molar-refractivity contribution in [1.82, 2.24) is 5.32 Å². The number of rotatable bonds is 9. The van der Waals surface area contributed by atoms with Gasteiger partial charge in [0.15, 0.2) is 0 Å². The highest BCUT2D eigenvalue weighted by atomic mass is 32.2. The van der Waals surface area contributed by atoms with Crippen molar-refractivity contribution in [2.24, 2.45) is 11.1 Å². The van der Waals surface area contributed by atoms with E-state index in [-0.39, 0.29) is 16.0 Å². The lowest BCUT2D eigenvalue weighted by atomic mass is 9.97. The van der Waals surface area contributed by atoms with Gasteiger partial charge in [0.25, 0.3) is 0 Å². The van der Waals surface area contributed by atoms with E-state index in [1.807, 2.05) is 0 Å². The van der Waals surface area contributed by atoms with Crippen LogP contribution in [0.2, 0.25) is 0 Å². The molecule has 0 aliphatic carbocycles. The molecule has 7 heteroatoms. The van der Waals surface area contributed by atoms with E-state index in [9.17, 15) is 13.2 Å². The maximum atomic E-state index is 12.1. The van der Waals surface area contributed by atoms with Gasteiger partial charge in [0, 0.05) is 17.3 Å². The fourth-order valence-corrected chi connectivity index (χ4v) is 3.98. The predicted molar refractivity (Wildman–Crippen MR) is 85.7 cm³/mol. The SMILES string of the molecule is CCCC(CCC)C(=O)NCCc1ccc(S(N)(=O)=O)s1. The number of thiophene rings is 1. The average Bonchev–Trinajstić information content (AvgIpc) is 2.87. The first-order valence-corrected chi connectivity index (χ1v) is 9.64. The minimum atomic E-state index is -3.62. The first-order chi connectivity index (χ1) is 9.88. The molecule has 1 rings (SSSR count). The van der Waals surface area contributed by atoms with Gasteiger partial charge in [0.2, 0.25) is 15.9 Å². The molecule has 0 atom stereocenters. The van der Waals surface area contributed by atoms with Crippen LogP contribution in [0, 0.1) is 5.92 Å². The van der Waals surface area contributed by atoms with Crippen molar-refractivity contribution in [3.05, 3.63) is 17.0 Å². The van der Waals surface area contributed by atoms with Gasteiger partial charge in [-0.1, -0.05) is 26.7 Å². The fourth-order valence-electron chi connectivity index (χ4n) is 2.20. The van der Waals surface area contributed by atoms with Crippen molar-refractivity contribution < 1.29 is 13.2 Å². The summed E-state index contributed by atoms with van der Waals surface area (Å²) in [5.41, 5.74) is 0. The molecular formula is C14H24N2O3S2. The third kappa shape index (κ3) is 6.15. The Bertz CT molecular complexity index is 546. The zero-order chi connectivity index (χ0) is 15.9. The molecule has 0 aromatic carbocycles. The minimum absolute atomic E-state index is 0.0864. The molecule has 0 saturated carbocycles. The summed E-state index contributed by atoms with van der Waals surface area (Å²) in [4.78, 5) is 13.0. The number of sulfonamides is 1. The van der Waals surface area contributed by atoms with Crippen LogP contribution in [0.5, 0.6) is 0 Å². The zero-order valence-corrected chi connectivity index (χ0v) is 14.2. The highest BCUT2D eigenvalue weighted by Gasteiger charge is 2.16. The van der Waals surface area contributed by atoms with Crippen LogP contribution in [0.1, 0.15) is 44.4 Å². The second-order valence-corrected chi connectivity index (χ2v) is 8.04. The van der Waals surface area contributed by atoms with Crippen LogP contribution in [0.4, 0.5) is 0 Å². The molecule has 0 aliphatic rings. The third-order valence-corrected chi connectivity index (χ3v) is 5.82. The van der Waals surface area contributed by atoms with Crippen molar-refractivity contribution in [1.29, 1.82) is 0 Å². The van der Waals surface area contributed by atoms with Gasteiger partial charge >= 0.3 is 0 Å². The summed E-state index contributed by atoms with van der Waals surface area (Å²) in [5.74, 6) is 0.185. The summed E-state index contributed by atoms with van der Waals surface area (Å²) in [7, 11) is -3.62. The van der Waals surface area contributed by atoms with E-state index in [0.29, 0.717) is 13.0 Å². The van der Waals surface area contributed by atoms with Gasteiger partial charge in [-0.15, -0.1) is 11.3 Å². The van der Waals surface area contributed by atoms with Crippen molar-refractivity contribution in [2.75, 3.05) is 6.54 Å². The number of primary sulfonamides is 1. The standard InChI is InChI=1S/C14H24N2O3S2/c1-3-5-11(6-4-2)14(17)16-10-9-12-7-8-13(20-12)21(15,18)19/h7-8,11H,3-6,9-10H2,1-2H3,(H,16,17)(H2,15,18,19). The normalized spacial score (nSPS) is 11.8. The van der Waals surface area contributed by atoms with Gasteiger partial charge in [0.1, 0.15) is 4.21 Å². The Balaban J connectivity index is 2.45. The van der Waals surface area contributed by atoms with E-state index >= 15 is 0 Å². The first-order valence-electron chi connectivity index (χ1n) is 7.27. The highest BCUT2D eigenvalue weighted by Crippen LogP contribution is 2.20. The van der Waals surface area contributed by atoms with Gasteiger partial charge < -0.3 is 5.32 Å². The molecule has 1 amide bonds. The fraction of sp³-hybridized carbons (Fsp3) is 0.643. The number of carbonyl (C=O) groups excluding carboxylic acids is 1. The van der Waals surface area contributed by atoms with E-state index in [1.54, 1.807) is 6.07 Å². The van der Waals surface area contributed by atoms with Crippen molar-refractivity contribution in [3.8, 4) is 0 Å². The number of nitrogens with one attached hydrogen (secondary N) is 1. The molecule has 120 valence electrons. The molecule has 0 aliphatic heterocycles. The van der Waals surface area contributed by atoms with E-state index in [4.69, 9.17) is 5.14 Å². The van der Waals surface area contributed by atoms with Crippen LogP contribution in [0.15, 0.2) is 16.3 Å². The van der Waals surface area contributed by atoms with Gasteiger partial charge in [-0.05, 0) is 31.4 Å². The Morgan fingerprint density at radius 1 is 1.29 bits per heavy atom. The lowest BCUT2D eigenvalue weighted by molar-refractivity contribution is -0.125. The van der Waals surface area contributed by atoms with Crippen LogP contribution in [0.25, 0.3) is 0 Å². The van der Waals surface area contributed by atoms with Crippen molar-refractivity contribution in [3.63, 3.8) is 0 Å². The molecule has 0 saturated heterocycles. The number of hydrogen-bond donors (Lipinski definition) is 2. The first kappa shape index (κ1) is 18.1. The van der Waals surface area contributed by atoms with E-state index < -0.39 is 10.0 Å². The van der Waals surface area contributed by atoms with Gasteiger partial charge in [-0.3, -0.25) is 4.79 Å². The lowest BCUT2D eigenvalue weighted by Gasteiger charge is -2.14. The van der Waals surface area contributed by atoms with Gasteiger partial charge in [0.05, 0.1) is 0 Å². The number of nitrogens with two attached hydrogens (primary N) is 1. The van der Waals surface area contributed by atoms with Gasteiger partial charge in [-0.25, -0.2) is 13.6 Å². The van der Waals surface area contributed by atoms with Crippen LogP contribution in [-0.4, -0.2) is 20.9 Å². The quantitative estimate of drug-likeness (QED) is 0.727. The number of carbonyl (C=O) groups is 1. The maximum Gasteiger partial charge on any atom is 0.247 e. The minimum Gasteiger partial charge on any atom is -0.356 e. The molecular weight excluding hydrogens is 308 g/mol. The molecule has 1 heterocycles. The Kier molecular flexibility index (Phi) is 7.34. The summed E-state index contributed by atoms with van der Waals surface area (Å²) < 4.78 is 22.5. The smallest absolute Gasteiger partial charge is 0.247 e. The monoisotopic (exact) mass is 332 g/mol. The molecule has 5 nitrogen and oxygen atoms in total. The molecule has 1 aromatic rings. The molecule has 0 spiro atoms. The Hall–Kier alpha value is -0.920. The lowest BCUT2D eigenvalue weighted by Crippen LogP contribution is -2.32. The molecule has 1 aromatic heterocycles. The Morgan fingerprint density at radius 2 is 1.90 bits per heavy atom. The summed E-state index contributed by atoms with van der Waals surface area (Å²) in [6.45, 7) is 4.68. The third-order valence-electron chi connectivity index (χ3n) is 3.23. The summed E-state index contributed by atoms with van der Waals surface area (Å²) in [5, 5.41) is 8.00. The summed E-state index contributed by atoms with van der Waals surface area (Å²) in [6.07, 6.45) is 4.45. The molecule has 21 heavy (non-hydrogen) atoms. The van der Waals surface area contributed by atoms with Crippen LogP contribution < -0.4 is 10.5 Å². The molecule has 0 bridgehead atoms. The predicted octanol–water partition coefficient (Wildman–Crippen LogP) is 2.27. The largest absolute Gasteiger partial charge is 0.356 e. The summed E-state index contributed by atoms with van der Waals surface area (Å²) >= 11 is 1.16. The van der Waals surface area contributed by atoms with Crippen LogP contribution in [-0.2, 0) is 21.2 Å². The van der Waals surface area contributed by atoms with Crippen molar-refractivity contribution >= 4 is 27.3 Å². The number of hydrogen-bond acceptors (Lipinski definition) is 4. The Morgan fingerprint density at radius 3 is 2.38 bits per heavy atom. The second-order valence-electron chi connectivity index (χ2n) is 5.08.